The molecule has 0 aliphatic rings. The largest absolute Gasteiger partial charge is 0.325 e. The normalized spacial score (nSPS) is 10.7. The maximum Gasteiger partial charge on any atom is 0.234 e. The zero-order valence-corrected chi connectivity index (χ0v) is 15.3. The Kier molecular flexibility index (Phi) is 5.35. The van der Waals surface area contributed by atoms with E-state index in [0.717, 1.165) is 16.8 Å². The minimum Gasteiger partial charge on any atom is -0.325 e. The van der Waals surface area contributed by atoms with Crippen molar-refractivity contribution in [2.24, 2.45) is 0 Å². The van der Waals surface area contributed by atoms with Crippen molar-refractivity contribution < 1.29 is 4.79 Å². The van der Waals surface area contributed by atoms with Gasteiger partial charge in [-0.3, -0.25) is 4.79 Å². The Bertz CT molecular complexity index is 894. The summed E-state index contributed by atoms with van der Waals surface area (Å²) in [6.45, 7) is 3.88. The molecule has 0 spiro atoms. The van der Waals surface area contributed by atoms with Crippen LogP contribution in [0.4, 0.5) is 5.69 Å². The number of anilines is 1. The molecule has 1 N–H and O–H groups in total. The monoisotopic (exact) mass is 373 g/mol. The lowest BCUT2D eigenvalue weighted by Crippen LogP contribution is -2.15. The number of benzene rings is 2. The molecule has 0 radical (unpaired) electrons. The van der Waals surface area contributed by atoms with Gasteiger partial charge in [-0.1, -0.05) is 47.1 Å². The molecule has 1 aromatic heterocycles. The van der Waals surface area contributed by atoms with Crippen LogP contribution in [0.15, 0.2) is 47.6 Å². The molecule has 3 aromatic rings. The topological polar surface area (TPSA) is 72.7 Å². The van der Waals surface area contributed by atoms with Gasteiger partial charge in [-0.25, -0.2) is 0 Å². The van der Waals surface area contributed by atoms with Crippen molar-refractivity contribution in [1.82, 2.24) is 20.2 Å². The molecule has 6 nitrogen and oxygen atoms in total. The number of aryl methyl sites for hydroxylation is 1. The summed E-state index contributed by atoms with van der Waals surface area (Å²) in [5.74, 6) is 0.0480. The predicted molar refractivity (Wildman–Crippen MR) is 99.4 cm³/mol. The van der Waals surface area contributed by atoms with Gasteiger partial charge in [0, 0.05) is 10.7 Å². The Morgan fingerprint density at radius 1 is 1.20 bits per heavy atom. The molecule has 0 aliphatic carbocycles. The van der Waals surface area contributed by atoms with E-state index in [1.807, 2.05) is 44.2 Å². The first-order valence-electron chi connectivity index (χ1n) is 7.58. The Morgan fingerprint density at radius 3 is 2.72 bits per heavy atom. The van der Waals surface area contributed by atoms with Gasteiger partial charge >= 0.3 is 0 Å². The highest BCUT2D eigenvalue weighted by atomic mass is 35.5. The van der Waals surface area contributed by atoms with E-state index in [9.17, 15) is 4.79 Å². The van der Waals surface area contributed by atoms with Crippen molar-refractivity contribution in [2.75, 3.05) is 11.1 Å². The van der Waals surface area contributed by atoms with E-state index in [1.165, 1.54) is 11.8 Å². The number of hydrogen-bond donors (Lipinski definition) is 1. The van der Waals surface area contributed by atoms with Crippen LogP contribution in [0.25, 0.3) is 5.69 Å². The minimum absolute atomic E-state index is 0.145. The molecule has 0 aliphatic heterocycles. The molecular formula is C17H16ClN5OS. The highest BCUT2D eigenvalue weighted by Crippen LogP contribution is 2.24. The highest BCUT2D eigenvalue weighted by molar-refractivity contribution is 7.99. The Morgan fingerprint density at radius 2 is 1.96 bits per heavy atom. The molecule has 0 unspecified atom stereocenters. The summed E-state index contributed by atoms with van der Waals surface area (Å²) in [6.07, 6.45) is 0. The van der Waals surface area contributed by atoms with Gasteiger partial charge in [0.2, 0.25) is 11.1 Å². The van der Waals surface area contributed by atoms with Crippen LogP contribution in [0.2, 0.25) is 5.02 Å². The van der Waals surface area contributed by atoms with Crippen LogP contribution in [-0.4, -0.2) is 31.9 Å². The quantitative estimate of drug-likeness (QED) is 0.691. The standard InChI is InChI=1S/C17H16ClN5OS/c1-11-6-8-13(9-7-11)23-17(20-21-22-23)25-10-16(24)19-15-5-3-4-14(18)12(15)2/h3-9H,10H2,1-2H3,(H,19,24). The molecule has 8 heteroatoms. The minimum atomic E-state index is -0.145. The van der Waals surface area contributed by atoms with Gasteiger partial charge in [0.25, 0.3) is 0 Å². The molecule has 1 heterocycles. The van der Waals surface area contributed by atoms with Gasteiger partial charge in [-0.05, 0) is 54.1 Å². The van der Waals surface area contributed by atoms with E-state index >= 15 is 0 Å². The molecule has 3 rings (SSSR count). The van der Waals surface area contributed by atoms with E-state index in [0.29, 0.717) is 15.9 Å². The lowest BCUT2D eigenvalue weighted by Gasteiger charge is -2.09. The zero-order valence-electron chi connectivity index (χ0n) is 13.7. The smallest absolute Gasteiger partial charge is 0.234 e. The van der Waals surface area contributed by atoms with E-state index in [4.69, 9.17) is 11.6 Å². The highest BCUT2D eigenvalue weighted by Gasteiger charge is 2.12. The summed E-state index contributed by atoms with van der Waals surface area (Å²) in [7, 11) is 0. The van der Waals surface area contributed by atoms with Gasteiger partial charge in [0.05, 0.1) is 11.4 Å². The number of nitrogens with zero attached hydrogens (tertiary/aromatic N) is 4. The van der Waals surface area contributed by atoms with E-state index in [1.54, 1.807) is 16.8 Å². The third-order valence-electron chi connectivity index (χ3n) is 3.59. The molecule has 128 valence electrons. The fourth-order valence-electron chi connectivity index (χ4n) is 2.18. The number of hydrogen-bond acceptors (Lipinski definition) is 5. The van der Waals surface area contributed by atoms with Crippen LogP contribution < -0.4 is 5.32 Å². The molecule has 0 bridgehead atoms. The summed E-state index contributed by atoms with van der Waals surface area (Å²) < 4.78 is 1.61. The summed E-state index contributed by atoms with van der Waals surface area (Å²) >= 11 is 7.34. The number of amides is 1. The van der Waals surface area contributed by atoms with E-state index in [-0.39, 0.29) is 11.7 Å². The van der Waals surface area contributed by atoms with Gasteiger partial charge in [0.1, 0.15) is 0 Å². The number of tetrazole rings is 1. The average Bonchev–Trinajstić information content (AvgIpc) is 3.06. The number of thioether (sulfide) groups is 1. The fraction of sp³-hybridized carbons (Fsp3) is 0.176. The van der Waals surface area contributed by atoms with Crippen LogP contribution >= 0.6 is 23.4 Å². The molecule has 0 fully saturated rings. The Balaban J connectivity index is 1.66. The van der Waals surface area contributed by atoms with E-state index in [2.05, 4.69) is 20.8 Å². The molecular weight excluding hydrogens is 358 g/mol. The molecule has 0 saturated carbocycles. The van der Waals surface area contributed by atoms with Crippen molar-refractivity contribution in [2.45, 2.75) is 19.0 Å². The van der Waals surface area contributed by atoms with Crippen LogP contribution in [0, 0.1) is 13.8 Å². The number of nitrogens with one attached hydrogen (secondary N) is 1. The molecule has 25 heavy (non-hydrogen) atoms. The second-order valence-corrected chi connectivity index (χ2v) is 6.81. The first kappa shape index (κ1) is 17.4. The van der Waals surface area contributed by atoms with Gasteiger partial charge < -0.3 is 5.32 Å². The predicted octanol–water partition coefficient (Wildman–Crippen LogP) is 3.66. The van der Waals surface area contributed by atoms with Crippen LogP contribution in [0.5, 0.6) is 0 Å². The fourth-order valence-corrected chi connectivity index (χ4v) is 3.04. The van der Waals surface area contributed by atoms with Crippen molar-refractivity contribution in [1.29, 1.82) is 0 Å². The number of halogens is 1. The van der Waals surface area contributed by atoms with Gasteiger partial charge in [-0.15, -0.1) is 5.10 Å². The summed E-state index contributed by atoms with van der Waals surface area (Å²) in [5, 5.41) is 15.7. The van der Waals surface area contributed by atoms with Crippen molar-refractivity contribution in [3.63, 3.8) is 0 Å². The zero-order chi connectivity index (χ0) is 17.8. The number of rotatable bonds is 5. The van der Waals surface area contributed by atoms with Crippen molar-refractivity contribution >= 4 is 35.0 Å². The Labute approximate surface area is 154 Å². The lowest BCUT2D eigenvalue weighted by atomic mass is 10.2. The maximum atomic E-state index is 12.2. The van der Waals surface area contributed by atoms with Crippen LogP contribution in [-0.2, 0) is 4.79 Å². The SMILES string of the molecule is Cc1ccc(-n2nnnc2SCC(=O)Nc2cccc(Cl)c2C)cc1. The molecule has 0 atom stereocenters. The summed E-state index contributed by atoms with van der Waals surface area (Å²) in [6, 6.07) is 13.3. The lowest BCUT2D eigenvalue weighted by molar-refractivity contribution is -0.113. The third kappa shape index (κ3) is 4.18. The summed E-state index contributed by atoms with van der Waals surface area (Å²) in [4.78, 5) is 12.2. The average molecular weight is 374 g/mol. The molecule has 2 aromatic carbocycles. The number of carbonyl (C=O) groups is 1. The van der Waals surface area contributed by atoms with Crippen molar-refractivity contribution in [3.05, 3.63) is 58.6 Å². The third-order valence-corrected chi connectivity index (χ3v) is 4.92. The Hall–Kier alpha value is -2.38. The first-order chi connectivity index (χ1) is 12.0. The number of carbonyl (C=O) groups excluding carboxylic acids is 1. The van der Waals surface area contributed by atoms with Crippen LogP contribution in [0.3, 0.4) is 0 Å². The second-order valence-electron chi connectivity index (χ2n) is 5.46. The number of aromatic nitrogens is 4. The first-order valence-corrected chi connectivity index (χ1v) is 8.94. The maximum absolute atomic E-state index is 12.2. The summed E-state index contributed by atoms with van der Waals surface area (Å²) in [5.41, 5.74) is 3.55. The van der Waals surface area contributed by atoms with Gasteiger partial charge in [0.15, 0.2) is 0 Å². The molecule has 1 amide bonds. The second kappa shape index (κ2) is 7.67. The molecule has 0 saturated heterocycles. The van der Waals surface area contributed by atoms with Crippen molar-refractivity contribution in [3.8, 4) is 5.69 Å². The van der Waals surface area contributed by atoms with Crippen LogP contribution in [0.1, 0.15) is 11.1 Å². The van der Waals surface area contributed by atoms with Gasteiger partial charge in [-0.2, -0.15) is 4.68 Å². The van der Waals surface area contributed by atoms with E-state index < -0.39 is 0 Å².